The molecule has 0 atom stereocenters. The van der Waals surface area contributed by atoms with Crippen molar-refractivity contribution in [3.05, 3.63) is 41.7 Å². The van der Waals surface area contributed by atoms with Gasteiger partial charge in [-0.1, -0.05) is 17.7 Å². The smallest absolute Gasteiger partial charge is 0.244 e. The van der Waals surface area contributed by atoms with E-state index in [-0.39, 0.29) is 22.2 Å². The number of nitrogens with zero attached hydrogens (tertiary/aromatic N) is 2. The molecule has 0 spiro atoms. The first-order valence-corrected chi connectivity index (χ1v) is 7.38. The SMILES string of the molecule is Nc1cccc(Cl)c1S(=O)(=O)NCCn1cccn1. The highest BCUT2D eigenvalue weighted by atomic mass is 35.5. The lowest BCUT2D eigenvalue weighted by Crippen LogP contribution is -2.28. The first-order valence-electron chi connectivity index (χ1n) is 5.52. The van der Waals surface area contributed by atoms with Crippen molar-refractivity contribution < 1.29 is 8.42 Å². The van der Waals surface area contributed by atoms with Crippen molar-refractivity contribution in [3.63, 3.8) is 0 Å². The molecule has 2 aromatic rings. The summed E-state index contributed by atoms with van der Waals surface area (Å²) in [6, 6.07) is 6.34. The Labute approximate surface area is 116 Å². The average Bonchev–Trinajstić information content (AvgIpc) is 2.81. The van der Waals surface area contributed by atoms with Gasteiger partial charge in [0.05, 0.1) is 17.3 Å². The molecule has 102 valence electrons. The van der Waals surface area contributed by atoms with Crippen LogP contribution in [0.2, 0.25) is 5.02 Å². The van der Waals surface area contributed by atoms with Crippen molar-refractivity contribution in [2.24, 2.45) is 0 Å². The zero-order chi connectivity index (χ0) is 13.9. The number of sulfonamides is 1. The molecule has 0 fully saturated rings. The van der Waals surface area contributed by atoms with Gasteiger partial charge in [-0.05, 0) is 18.2 Å². The zero-order valence-electron chi connectivity index (χ0n) is 9.95. The van der Waals surface area contributed by atoms with Crippen LogP contribution in [0.1, 0.15) is 0 Å². The molecule has 0 aliphatic rings. The van der Waals surface area contributed by atoms with E-state index >= 15 is 0 Å². The van der Waals surface area contributed by atoms with E-state index in [1.807, 2.05) is 0 Å². The van der Waals surface area contributed by atoms with Gasteiger partial charge in [-0.25, -0.2) is 13.1 Å². The third-order valence-electron chi connectivity index (χ3n) is 2.46. The van der Waals surface area contributed by atoms with Crippen molar-refractivity contribution in [1.82, 2.24) is 14.5 Å². The van der Waals surface area contributed by atoms with Gasteiger partial charge in [-0.15, -0.1) is 0 Å². The van der Waals surface area contributed by atoms with Crippen LogP contribution in [0.5, 0.6) is 0 Å². The predicted molar refractivity (Wildman–Crippen MR) is 73.3 cm³/mol. The Hall–Kier alpha value is -1.57. The summed E-state index contributed by atoms with van der Waals surface area (Å²) in [5.41, 5.74) is 5.78. The van der Waals surface area contributed by atoms with Gasteiger partial charge in [0.15, 0.2) is 0 Å². The van der Waals surface area contributed by atoms with Crippen molar-refractivity contribution in [1.29, 1.82) is 0 Å². The largest absolute Gasteiger partial charge is 0.398 e. The van der Waals surface area contributed by atoms with E-state index in [4.69, 9.17) is 17.3 Å². The Kier molecular flexibility index (Phi) is 4.08. The van der Waals surface area contributed by atoms with Gasteiger partial charge >= 0.3 is 0 Å². The van der Waals surface area contributed by atoms with Crippen LogP contribution in [0, 0.1) is 0 Å². The standard InChI is InChI=1S/C11H13ClN4O2S/c12-9-3-1-4-10(13)11(9)19(17,18)15-6-8-16-7-2-5-14-16/h1-5,7,15H,6,8,13H2. The summed E-state index contributed by atoms with van der Waals surface area (Å²) >= 11 is 5.88. The van der Waals surface area contributed by atoms with Crippen LogP contribution in [0.3, 0.4) is 0 Å². The van der Waals surface area contributed by atoms with Gasteiger partial charge in [0.1, 0.15) is 4.90 Å². The highest BCUT2D eigenvalue weighted by molar-refractivity contribution is 7.89. The second-order valence-electron chi connectivity index (χ2n) is 3.83. The molecule has 0 saturated heterocycles. The Morgan fingerprint density at radius 1 is 1.37 bits per heavy atom. The molecule has 1 heterocycles. The summed E-state index contributed by atoms with van der Waals surface area (Å²) in [6.45, 7) is 0.630. The summed E-state index contributed by atoms with van der Waals surface area (Å²) in [6.07, 6.45) is 3.37. The number of hydrogen-bond acceptors (Lipinski definition) is 4. The normalized spacial score (nSPS) is 11.6. The maximum Gasteiger partial charge on any atom is 0.244 e. The topological polar surface area (TPSA) is 90.0 Å². The van der Waals surface area contributed by atoms with Gasteiger partial charge in [-0.2, -0.15) is 5.10 Å². The maximum atomic E-state index is 12.1. The molecule has 0 unspecified atom stereocenters. The van der Waals surface area contributed by atoms with E-state index in [9.17, 15) is 8.42 Å². The van der Waals surface area contributed by atoms with E-state index in [1.165, 1.54) is 12.1 Å². The monoisotopic (exact) mass is 300 g/mol. The molecule has 0 radical (unpaired) electrons. The van der Waals surface area contributed by atoms with Crippen LogP contribution in [-0.4, -0.2) is 24.7 Å². The molecule has 0 aliphatic carbocycles. The predicted octanol–water partition coefficient (Wildman–Crippen LogP) is 1.10. The van der Waals surface area contributed by atoms with Gasteiger partial charge in [0.25, 0.3) is 0 Å². The second-order valence-corrected chi connectivity index (χ2v) is 5.94. The fraction of sp³-hybridized carbons (Fsp3) is 0.182. The number of halogens is 1. The summed E-state index contributed by atoms with van der Waals surface area (Å²) in [5.74, 6) is 0. The molecule has 0 amide bonds. The fourth-order valence-corrected chi connectivity index (χ4v) is 3.30. The van der Waals surface area contributed by atoms with E-state index in [2.05, 4.69) is 9.82 Å². The fourth-order valence-electron chi connectivity index (χ4n) is 1.61. The van der Waals surface area contributed by atoms with Crippen LogP contribution in [0.25, 0.3) is 0 Å². The minimum absolute atomic E-state index is 0.0860. The first-order chi connectivity index (χ1) is 9.00. The molecule has 1 aromatic heterocycles. The number of nitrogens with two attached hydrogens (primary N) is 1. The molecule has 8 heteroatoms. The van der Waals surface area contributed by atoms with Crippen LogP contribution >= 0.6 is 11.6 Å². The number of anilines is 1. The quantitative estimate of drug-likeness (QED) is 0.809. The minimum Gasteiger partial charge on any atom is -0.398 e. The van der Waals surface area contributed by atoms with Crippen molar-refractivity contribution in [2.75, 3.05) is 12.3 Å². The van der Waals surface area contributed by atoms with Crippen molar-refractivity contribution >= 4 is 27.3 Å². The van der Waals surface area contributed by atoms with Gasteiger partial charge < -0.3 is 5.73 Å². The maximum absolute atomic E-state index is 12.1. The van der Waals surface area contributed by atoms with Gasteiger partial charge in [-0.3, -0.25) is 4.68 Å². The van der Waals surface area contributed by atoms with Crippen LogP contribution in [0.4, 0.5) is 5.69 Å². The average molecular weight is 301 g/mol. The number of nitrogen functional groups attached to an aromatic ring is 1. The number of rotatable bonds is 5. The van der Waals surface area contributed by atoms with Crippen LogP contribution in [-0.2, 0) is 16.6 Å². The molecule has 2 rings (SSSR count). The molecule has 1 aromatic carbocycles. The van der Waals surface area contributed by atoms with Crippen molar-refractivity contribution in [3.8, 4) is 0 Å². The molecule has 6 nitrogen and oxygen atoms in total. The molecule has 3 N–H and O–H groups in total. The van der Waals surface area contributed by atoms with E-state index < -0.39 is 10.0 Å². The number of nitrogens with one attached hydrogen (secondary N) is 1. The van der Waals surface area contributed by atoms with E-state index in [0.717, 1.165) is 0 Å². The Morgan fingerprint density at radius 2 is 2.16 bits per heavy atom. The molecule has 0 saturated carbocycles. The lowest BCUT2D eigenvalue weighted by molar-refractivity contribution is 0.561. The lowest BCUT2D eigenvalue weighted by atomic mass is 10.3. The van der Waals surface area contributed by atoms with Gasteiger partial charge in [0, 0.05) is 18.9 Å². The van der Waals surface area contributed by atoms with Crippen LogP contribution < -0.4 is 10.5 Å². The summed E-state index contributed by atoms with van der Waals surface area (Å²) < 4.78 is 28.3. The summed E-state index contributed by atoms with van der Waals surface area (Å²) in [4.78, 5) is -0.0860. The number of aromatic nitrogens is 2. The Morgan fingerprint density at radius 3 is 2.79 bits per heavy atom. The van der Waals surface area contributed by atoms with E-state index in [0.29, 0.717) is 6.54 Å². The molecule has 0 bridgehead atoms. The molecule has 19 heavy (non-hydrogen) atoms. The lowest BCUT2D eigenvalue weighted by Gasteiger charge is -2.10. The number of hydrogen-bond donors (Lipinski definition) is 2. The number of benzene rings is 1. The van der Waals surface area contributed by atoms with E-state index in [1.54, 1.807) is 29.2 Å². The Balaban J connectivity index is 2.10. The first kappa shape index (κ1) is 13.9. The zero-order valence-corrected chi connectivity index (χ0v) is 11.5. The summed E-state index contributed by atoms with van der Waals surface area (Å²) in [7, 11) is -3.72. The highest BCUT2D eigenvalue weighted by Gasteiger charge is 2.20. The third-order valence-corrected chi connectivity index (χ3v) is 4.46. The molecule has 0 aliphatic heterocycles. The minimum atomic E-state index is -3.72. The molecular formula is C11H13ClN4O2S. The highest BCUT2D eigenvalue weighted by Crippen LogP contribution is 2.26. The third kappa shape index (κ3) is 3.25. The van der Waals surface area contributed by atoms with Crippen molar-refractivity contribution in [2.45, 2.75) is 11.4 Å². The molecular weight excluding hydrogens is 288 g/mol. The Bertz CT molecular complexity index is 635. The van der Waals surface area contributed by atoms with Gasteiger partial charge in [0.2, 0.25) is 10.0 Å². The summed E-state index contributed by atoms with van der Waals surface area (Å²) in [5, 5.41) is 4.08. The van der Waals surface area contributed by atoms with Crippen LogP contribution in [0.15, 0.2) is 41.6 Å². The second kappa shape index (κ2) is 5.60.